The molecule has 0 saturated heterocycles. The van der Waals surface area contributed by atoms with Crippen LogP contribution in [0.2, 0.25) is 0 Å². The number of guanidine groups is 1. The monoisotopic (exact) mass is 398 g/mol. The molecule has 20 heavy (non-hydrogen) atoms. The van der Waals surface area contributed by atoms with Crippen molar-refractivity contribution in [3.05, 3.63) is 0 Å². The molecule has 0 unspecified atom stereocenters. The average molecular weight is 398 g/mol. The van der Waals surface area contributed by atoms with Crippen molar-refractivity contribution >= 4 is 29.9 Å². The minimum Gasteiger partial charge on any atom is -0.385 e. The smallest absolute Gasteiger partial charge is 0.191 e. The third-order valence-electron chi connectivity index (χ3n) is 3.28. The molecular weight excluding hydrogens is 367 g/mol. The number of likely N-dealkylation sites (N-methyl/N-ethyl adjacent to an activating group) is 1. The Hall–Kier alpha value is -0.0800. The third kappa shape index (κ3) is 8.97. The van der Waals surface area contributed by atoms with Gasteiger partial charge in [-0.15, -0.1) is 24.0 Å². The SMILES string of the molecule is CCNC(=NCCCOC)NCCN(CC)C1CC1.I. The van der Waals surface area contributed by atoms with Crippen molar-refractivity contribution in [3.63, 3.8) is 0 Å². The summed E-state index contributed by atoms with van der Waals surface area (Å²) >= 11 is 0. The zero-order chi connectivity index (χ0) is 13.9. The molecule has 0 aliphatic heterocycles. The first-order valence-corrected chi connectivity index (χ1v) is 7.57. The quantitative estimate of drug-likeness (QED) is 0.255. The molecule has 0 aromatic heterocycles. The number of nitrogens with one attached hydrogen (secondary N) is 2. The molecule has 120 valence electrons. The molecule has 0 aromatic carbocycles. The first kappa shape index (κ1) is 19.9. The molecule has 6 heteroatoms. The van der Waals surface area contributed by atoms with E-state index < -0.39 is 0 Å². The molecule has 1 aliphatic carbocycles. The minimum absolute atomic E-state index is 0. The summed E-state index contributed by atoms with van der Waals surface area (Å²) in [5.74, 6) is 0.922. The number of hydrogen-bond acceptors (Lipinski definition) is 3. The molecule has 1 aliphatic rings. The Labute approximate surface area is 140 Å². The van der Waals surface area contributed by atoms with E-state index in [4.69, 9.17) is 4.74 Å². The van der Waals surface area contributed by atoms with Crippen molar-refractivity contribution in [1.29, 1.82) is 0 Å². The molecule has 5 nitrogen and oxygen atoms in total. The number of nitrogens with zero attached hydrogens (tertiary/aromatic N) is 2. The van der Waals surface area contributed by atoms with Crippen LogP contribution in [0.25, 0.3) is 0 Å². The van der Waals surface area contributed by atoms with E-state index in [1.54, 1.807) is 7.11 Å². The zero-order valence-electron chi connectivity index (χ0n) is 13.2. The standard InChI is InChI=1S/C14H30N4O.HI/c1-4-15-14(16-9-6-12-19-3)17-10-11-18(5-2)13-7-8-13;/h13H,4-12H2,1-3H3,(H2,15,16,17);1H. The molecule has 1 rings (SSSR count). The highest BCUT2D eigenvalue weighted by molar-refractivity contribution is 14.0. The average Bonchev–Trinajstić information content (AvgIpc) is 3.24. The number of halogens is 1. The Kier molecular flexibility index (Phi) is 12.6. The van der Waals surface area contributed by atoms with Crippen LogP contribution in [0.5, 0.6) is 0 Å². The van der Waals surface area contributed by atoms with Crippen molar-refractivity contribution < 1.29 is 4.74 Å². The number of hydrogen-bond donors (Lipinski definition) is 2. The summed E-state index contributed by atoms with van der Waals surface area (Å²) in [4.78, 5) is 7.07. The first-order chi connectivity index (χ1) is 9.31. The van der Waals surface area contributed by atoms with Crippen LogP contribution < -0.4 is 10.6 Å². The molecule has 2 N–H and O–H groups in total. The van der Waals surface area contributed by atoms with Gasteiger partial charge in [0.1, 0.15) is 0 Å². The highest BCUT2D eigenvalue weighted by atomic mass is 127. The highest BCUT2D eigenvalue weighted by Gasteiger charge is 2.27. The fourth-order valence-electron chi connectivity index (χ4n) is 2.10. The van der Waals surface area contributed by atoms with Crippen molar-refractivity contribution in [2.45, 2.75) is 39.2 Å². The molecular formula is C14H31IN4O. The fraction of sp³-hybridized carbons (Fsp3) is 0.929. The maximum Gasteiger partial charge on any atom is 0.191 e. The van der Waals surface area contributed by atoms with Gasteiger partial charge in [-0.3, -0.25) is 9.89 Å². The second kappa shape index (κ2) is 12.6. The number of methoxy groups -OCH3 is 1. The molecule has 0 radical (unpaired) electrons. The normalized spacial score (nSPS) is 15.1. The summed E-state index contributed by atoms with van der Waals surface area (Å²) in [6.07, 6.45) is 3.72. The van der Waals surface area contributed by atoms with E-state index in [9.17, 15) is 0 Å². The third-order valence-corrected chi connectivity index (χ3v) is 3.28. The second-order valence-corrected chi connectivity index (χ2v) is 4.89. The van der Waals surface area contributed by atoms with E-state index in [-0.39, 0.29) is 24.0 Å². The van der Waals surface area contributed by atoms with Gasteiger partial charge < -0.3 is 15.4 Å². The van der Waals surface area contributed by atoms with Crippen LogP contribution in [-0.2, 0) is 4.74 Å². The molecule has 1 fully saturated rings. The van der Waals surface area contributed by atoms with E-state index in [1.807, 2.05) is 0 Å². The van der Waals surface area contributed by atoms with Crippen LogP contribution in [-0.4, -0.2) is 63.3 Å². The number of rotatable bonds is 10. The predicted octanol–water partition coefficient (Wildman–Crippen LogP) is 1.68. The fourth-order valence-corrected chi connectivity index (χ4v) is 2.10. The predicted molar refractivity (Wildman–Crippen MR) is 96.2 cm³/mol. The van der Waals surface area contributed by atoms with Crippen molar-refractivity contribution in [2.75, 3.05) is 46.4 Å². The second-order valence-electron chi connectivity index (χ2n) is 4.89. The van der Waals surface area contributed by atoms with Crippen LogP contribution in [0.3, 0.4) is 0 Å². The van der Waals surface area contributed by atoms with Crippen LogP contribution in [0.15, 0.2) is 4.99 Å². The molecule has 0 atom stereocenters. The van der Waals surface area contributed by atoms with Crippen LogP contribution in [0, 0.1) is 0 Å². The lowest BCUT2D eigenvalue weighted by Crippen LogP contribution is -2.42. The van der Waals surface area contributed by atoms with Gasteiger partial charge in [0.2, 0.25) is 0 Å². The summed E-state index contributed by atoms with van der Waals surface area (Å²) in [6, 6.07) is 0.841. The highest BCUT2D eigenvalue weighted by Crippen LogP contribution is 2.25. The molecule has 0 amide bonds. The molecule has 0 aromatic rings. The van der Waals surface area contributed by atoms with Gasteiger partial charge in [0, 0.05) is 45.9 Å². The summed E-state index contributed by atoms with van der Waals surface area (Å²) < 4.78 is 5.03. The van der Waals surface area contributed by atoms with E-state index in [0.29, 0.717) is 0 Å². The van der Waals surface area contributed by atoms with Crippen LogP contribution >= 0.6 is 24.0 Å². The van der Waals surface area contributed by atoms with Gasteiger partial charge in [0.05, 0.1) is 0 Å². The summed E-state index contributed by atoms with van der Waals surface area (Å²) in [7, 11) is 1.73. The zero-order valence-corrected chi connectivity index (χ0v) is 15.5. The maximum absolute atomic E-state index is 5.03. The van der Waals surface area contributed by atoms with E-state index in [2.05, 4.69) is 34.4 Å². The Morgan fingerprint density at radius 3 is 2.60 bits per heavy atom. The van der Waals surface area contributed by atoms with Gasteiger partial charge in [-0.2, -0.15) is 0 Å². The van der Waals surface area contributed by atoms with Gasteiger partial charge >= 0.3 is 0 Å². The van der Waals surface area contributed by atoms with E-state index in [1.165, 1.54) is 12.8 Å². The largest absolute Gasteiger partial charge is 0.385 e. The van der Waals surface area contributed by atoms with Crippen LogP contribution in [0.1, 0.15) is 33.1 Å². The maximum atomic E-state index is 5.03. The van der Waals surface area contributed by atoms with Crippen molar-refractivity contribution in [3.8, 4) is 0 Å². The van der Waals surface area contributed by atoms with Gasteiger partial charge in [-0.25, -0.2) is 0 Å². The minimum atomic E-state index is 0. The Morgan fingerprint density at radius 2 is 2.05 bits per heavy atom. The Bertz CT molecular complexity index is 260. The summed E-state index contributed by atoms with van der Waals surface area (Å²) in [5, 5.41) is 6.68. The molecule has 1 saturated carbocycles. The summed E-state index contributed by atoms with van der Waals surface area (Å²) in [5.41, 5.74) is 0. The van der Waals surface area contributed by atoms with Crippen molar-refractivity contribution in [2.24, 2.45) is 4.99 Å². The first-order valence-electron chi connectivity index (χ1n) is 7.57. The number of aliphatic imine (C=N–C) groups is 1. The van der Waals surface area contributed by atoms with Crippen LogP contribution in [0.4, 0.5) is 0 Å². The molecule has 0 heterocycles. The molecule has 0 bridgehead atoms. The van der Waals surface area contributed by atoms with Gasteiger partial charge in [-0.05, 0) is 32.7 Å². The lowest BCUT2D eigenvalue weighted by molar-refractivity contribution is 0.197. The lowest BCUT2D eigenvalue weighted by atomic mass is 10.4. The van der Waals surface area contributed by atoms with Gasteiger partial charge in [0.15, 0.2) is 5.96 Å². The van der Waals surface area contributed by atoms with E-state index >= 15 is 0 Å². The number of ether oxygens (including phenoxy) is 1. The summed E-state index contributed by atoms with van der Waals surface area (Å²) in [6.45, 7) is 10.0. The van der Waals surface area contributed by atoms with Crippen molar-refractivity contribution in [1.82, 2.24) is 15.5 Å². The Balaban J connectivity index is 0.00000361. The van der Waals surface area contributed by atoms with Gasteiger partial charge in [0.25, 0.3) is 0 Å². The molecule has 0 spiro atoms. The lowest BCUT2D eigenvalue weighted by Gasteiger charge is -2.20. The van der Waals surface area contributed by atoms with E-state index in [0.717, 1.165) is 57.8 Å². The van der Waals surface area contributed by atoms with Gasteiger partial charge in [-0.1, -0.05) is 6.92 Å². The Morgan fingerprint density at radius 1 is 1.30 bits per heavy atom. The topological polar surface area (TPSA) is 48.9 Å².